The zero-order valence-electron chi connectivity index (χ0n) is 14.7. The Bertz CT molecular complexity index is 760. The Morgan fingerprint density at radius 1 is 1.04 bits per heavy atom. The minimum absolute atomic E-state index is 0.159. The molecule has 3 heterocycles. The number of hydrogen-bond acceptors (Lipinski definition) is 5. The summed E-state index contributed by atoms with van der Waals surface area (Å²) < 4.78 is 5.81. The number of allylic oxidation sites excluding steroid dienone is 2. The monoisotopic (exact) mass is 353 g/mol. The molecule has 0 N–H and O–H groups in total. The van der Waals surface area contributed by atoms with Gasteiger partial charge in [-0.3, -0.25) is 14.5 Å². The highest BCUT2D eigenvalue weighted by atomic mass is 16.3. The van der Waals surface area contributed by atoms with Crippen molar-refractivity contribution >= 4 is 18.0 Å². The summed E-state index contributed by atoms with van der Waals surface area (Å²) in [6.07, 6.45) is 10.4. The van der Waals surface area contributed by atoms with E-state index in [1.807, 2.05) is 12.1 Å². The molecule has 0 spiro atoms. The van der Waals surface area contributed by atoms with E-state index in [0.717, 1.165) is 36.8 Å². The van der Waals surface area contributed by atoms with Crippen molar-refractivity contribution in [1.82, 2.24) is 9.91 Å². The molecular formula is C20H23N3O3. The maximum Gasteiger partial charge on any atom is 0.254 e. The summed E-state index contributed by atoms with van der Waals surface area (Å²) >= 11 is 0. The predicted octanol–water partition coefficient (Wildman–Crippen LogP) is 2.41. The fourth-order valence-corrected chi connectivity index (χ4v) is 5.00. The van der Waals surface area contributed by atoms with Gasteiger partial charge in [-0.05, 0) is 56.3 Å². The van der Waals surface area contributed by atoms with Crippen LogP contribution in [0.15, 0.2) is 33.8 Å². The zero-order valence-corrected chi connectivity index (χ0v) is 14.7. The average molecular weight is 353 g/mol. The summed E-state index contributed by atoms with van der Waals surface area (Å²) in [5, 5.41) is 5.23. The third-order valence-electron chi connectivity index (χ3n) is 6.26. The summed E-state index contributed by atoms with van der Waals surface area (Å²) in [5.74, 6) is 1.16. The molecule has 0 unspecified atom stereocenters. The topological polar surface area (TPSA) is 66.1 Å². The van der Waals surface area contributed by atoms with E-state index in [4.69, 9.17) is 4.42 Å². The Kier molecular flexibility index (Phi) is 3.81. The molecule has 1 saturated carbocycles. The number of furan rings is 1. The van der Waals surface area contributed by atoms with Crippen LogP contribution in [0.5, 0.6) is 0 Å². The number of carbonyl (C=O) groups excluding carboxylic acids is 2. The number of fused-ring (bicyclic) bond motifs is 5. The van der Waals surface area contributed by atoms with E-state index in [9.17, 15) is 9.59 Å². The Hall–Kier alpha value is -2.21. The van der Waals surface area contributed by atoms with Gasteiger partial charge in [0.2, 0.25) is 0 Å². The van der Waals surface area contributed by atoms with Crippen LogP contribution in [0.3, 0.4) is 0 Å². The molecule has 1 aromatic heterocycles. The summed E-state index contributed by atoms with van der Waals surface area (Å²) in [7, 11) is 0. The fourth-order valence-electron chi connectivity index (χ4n) is 5.00. The number of carbonyl (C=O) groups is 2. The molecular weight excluding hydrogens is 330 g/mol. The summed E-state index contributed by atoms with van der Waals surface area (Å²) in [6.45, 7) is 3.02. The number of amides is 2. The maximum absolute atomic E-state index is 12.6. The minimum atomic E-state index is -0.207. The van der Waals surface area contributed by atoms with Crippen molar-refractivity contribution in [1.29, 1.82) is 0 Å². The largest absolute Gasteiger partial charge is 0.459 e. The molecule has 5 rings (SSSR count). The lowest BCUT2D eigenvalue weighted by molar-refractivity contribution is -0.140. The Morgan fingerprint density at radius 3 is 2.42 bits per heavy atom. The second-order valence-electron chi connectivity index (χ2n) is 7.87. The number of imide groups is 1. The number of nitrogens with zero attached hydrogens (tertiary/aromatic N) is 3. The SMILES string of the molecule is O=C1[C@@H]2[C@H](C(=O)N1/N=C\c1ccc(CN3CCCCC3)o1)[C@H]1C=C[C@H]2C1. The third-order valence-corrected chi connectivity index (χ3v) is 6.26. The lowest BCUT2D eigenvalue weighted by Gasteiger charge is -2.25. The van der Waals surface area contributed by atoms with E-state index in [-0.39, 0.29) is 35.5 Å². The standard InChI is InChI=1S/C20H23N3O3/c24-19-17-13-4-5-14(10-13)18(17)20(25)23(19)21-11-15-6-7-16(26-15)12-22-8-2-1-3-9-22/h4-7,11,13-14,17-18H,1-3,8-10,12H2/b21-11-/t13-,14-,17-,18+/m0/s1. The molecule has 2 aliphatic heterocycles. The molecule has 6 nitrogen and oxygen atoms in total. The van der Waals surface area contributed by atoms with E-state index in [1.165, 1.54) is 25.5 Å². The van der Waals surface area contributed by atoms with Crippen molar-refractivity contribution in [3.63, 3.8) is 0 Å². The first-order chi connectivity index (χ1) is 12.7. The van der Waals surface area contributed by atoms with Crippen LogP contribution in [0.2, 0.25) is 0 Å². The van der Waals surface area contributed by atoms with Gasteiger partial charge in [-0.2, -0.15) is 10.1 Å². The highest BCUT2D eigenvalue weighted by Crippen LogP contribution is 2.52. The Balaban J connectivity index is 1.26. The highest BCUT2D eigenvalue weighted by Gasteiger charge is 2.59. The van der Waals surface area contributed by atoms with E-state index in [1.54, 1.807) is 0 Å². The normalized spacial score (nSPS) is 33.8. The van der Waals surface area contributed by atoms with E-state index < -0.39 is 0 Å². The van der Waals surface area contributed by atoms with Gasteiger partial charge in [0, 0.05) is 0 Å². The number of rotatable bonds is 4. The van der Waals surface area contributed by atoms with Crippen molar-refractivity contribution < 1.29 is 14.0 Å². The van der Waals surface area contributed by atoms with Crippen LogP contribution in [0.4, 0.5) is 0 Å². The van der Waals surface area contributed by atoms with Crippen LogP contribution in [-0.4, -0.2) is 41.0 Å². The van der Waals surface area contributed by atoms with Crippen LogP contribution >= 0.6 is 0 Å². The third kappa shape index (κ3) is 2.55. The van der Waals surface area contributed by atoms with Gasteiger partial charge >= 0.3 is 0 Å². The molecule has 4 atom stereocenters. The second-order valence-corrected chi connectivity index (χ2v) is 7.87. The lowest BCUT2D eigenvalue weighted by atomic mass is 9.85. The van der Waals surface area contributed by atoms with Gasteiger partial charge in [0.15, 0.2) is 0 Å². The van der Waals surface area contributed by atoms with Gasteiger partial charge in [-0.1, -0.05) is 18.6 Å². The van der Waals surface area contributed by atoms with E-state index in [0.29, 0.717) is 5.76 Å². The molecule has 2 bridgehead atoms. The van der Waals surface area contributed by atoms with Crippen LogP contribution < -0.4 is 0 Å². The Labute approximate surface area is 152 Å². The molecule has 2 aliphatic carbocycles. The molecule has 0 radical (unpaired) electrons. The first kappa shape index (κ1) is 16.0. The molecule has 2 saturated heterocycles. The number of hydrazone groups is 1. The van der Waals surface area contributed by atoms with E-state index in [2.05, 4.69) is 22.2 Å². The first-order valence-corrected chi connectivity index (χ1v) is 9.62. The van der Waals surface area contributed by atoms with Crippen LogP contribution in [0.25, 0.3) is 0 Å². The zero-order chi connectivity index (χ0) is 17.7. The molecule has 3 fully saturated rings. The predicted molar refractivity (Wildman–Crippen MR) is 95.0 cm³/mol. The average Bonchev–Trinajstić information content (AvgIpc) is 3.41. The number of hydrogen-bond donors (Lipinski definition) is 0. The van der Waals surface area contributed by atoms with Crippen LogP contribution in [0.1, 0.15) is 37.2 Å². The number of likely N-dealkylation sites (tertiary alicyclic amines) is 1. The lowest BCUT2D eigenvalue weighted by Crippen LogP contribution is -2.28. The maximum atomic E-state index is 12.6. The van der Waals surface area contributed by atoms with Crippen LogP contribution in [-0.2, 0) is 16.1 Å². The number of piperidine rings is 1. The van der Waals surface area contributed by atoms with Crippen molar-refractivity contribution in [3.8, 4) is 0 Å². The summed E-state index contributed by atoms with van der Waals surface area (Å²) in [6, 6.07) is 3.79. The van der Waals surface area contributed by atoms with Gasteiger partial charge < -0.3 is 4.42 Å². The van der Waals surface area contributed by atoms with Gasteiger partial charge in [0.1, 0.15) is 11.5 Å². The molecule has 0 aromatic carbocycles. The minimum Gasteiger partial charge on any atom is -0.459 e. The molecule has 4 aliphatic rings. The van der Waals surface area contributed by atoms with Gasteiger partial charge in [0.05, 0.1) is 24.6 Å². The Morgan fingerprint density at radius 2 is 1.73 bits per heavy atom. The van der Waals surface area contributed by atoms with Crippen molar-refractivity contribution in [2.24, 2.45) is 28.8 Å². The second kappa shape index (κ2) is 6.20. The molecule has 1 aromatic rings. The molecule has 26 heavy (non-hydrogen) atoms. The van der Waals surface area contributed by atoms with Gasteiger partial charge in [-0.15, -0.1) is 0 Å². The van der Waals surface area contributed by atoms with Crippen molar-refractivity contribution in [2.45, 2.75) is 32.2 Å². The molecule has 6 heteroatoms. The summed E-state index contributed by atoms with van der Waals surface area (Å²) in [5.41, 5.74) is 0. The van der Waals surface area contributed by atoms with Crippen molar-refractivity contribution in [2.75, 3.05) is 13.1 Å². The van der Waals surface area contributed by atoms with Gasteiger partial charge in [-0.25, -0.2) is 0 Å². The smallest absolute Gasteiger partial charge is 0.254 e. The first-order valence-electron chi connectivity index (χ1n) is 9.62. The molecule has 2 amide bonds. The molecule has 136 valence electrons. The fraction of sp³-hybridized carbons (Fsp3) is 0.550. The quantitative estimate of drug-likeness (QED) is 0.474. The van der Waals surface area contributed by atoms with E-state index >= 15 is 0 Å². The van der Waals surface area contributed by atoms with Crippen molar-refractivity contribution in [3.05, 3.63) is 35.8 Å². The summed E-state index contributed by atoms with van der Waals surface area (Å²) in [4.78, 5) is 27.6. The highest BCUT2D eigenvalue weighted by molar-refractivity contribution is 6.06. The van der Waals surface area contributed by atoms with Gasteiger partial charge in [0.25, 0.3) is 11.8 Å². The van der Waals surface area contributed by atoms with Crippen LogP contribution in [0, 0.1) is 23.7 Å².